The number of benzene rings is 1. The Bertz CT molecular complexity index is 1080. The Morgan fingerprint density at radius 2 is 1.72 bits per heavy atom. The fraction of sp³-hybridized carbons (Fsp3) is 0.312. The van der Waals surface area contributed by atoms with E-state index >= 15 is 0 Å². The van der Waals surface area contributed by atoms with Crippen LogP contribution in [0, 0.1) is 10.1 Å². The van der Waals surface area contributed by atoms with E-state index in [9.17, 15) is 23.3 Å². The summed E-state index contributed by atoms with van der Waals surface area (Å²) in [5.74, 6) is -0.849. The largest absolute Gasteiger partial charge is 0.453 e. The number of hydrogen-bond acceptors (Lipinski definition) is 7. The normalized spacial score (nSPS) is 15.2. The highest BCUT2D eigenvalue weighted by Crippen LogP contribution is 2.32. The molecule has 0 radical (unpaired) electrons. The number of nitro benzene ring substituents is 1. The summed E-state index contributed by atoms with van der Waals surface area (Å²) in [6.07, 6.45) is -4.67. The number of nitro groups is 1. The van der Waals surface area contributed by atoms with E-state index in [1.807, 2.05) is 4.90 Å². The van der Waals surface area contributed by atoms with Gasteiger partial charge in [0.15, 0.2) is 5.65 Å². The van der Waals surface area contributed by atoms with Crippen LogP contribution in [0.25, 0.3) is 5.65 Å². The van der Waals surface area contributed by atoms with Gasteiger partial charge < -0.3 is 9.80 Å². The number of aromatic nitrogens is 4. The van der Waals surface area contributed by atoms with Gasteiger partial charge in [0.25, 0.3) is 11.5 Å². The highest BCUT2D eigenvalue weighted by molar-refractivity contribution is 6.30. The first-order valence-corrected chi connectivity index (χ1v) is 8.85. The molecule has 0 bridgehead atoms. The number of piperazine rings is 1. The summed E-state index contributed by atoms with van der Waals surface area (Å²) in [7, 11) is 0. The Kier molecular flexibility index (Phi) is 4.65. The van der Waals surface area contributed by atoms with E-state index in [1.54, 1.807) is 23.1 Å². The summed E-state index contributed by atoms with van der Waals surface area (Å²) in [6, 6.07) is 7.46. The first-order valence-electron chi connectivity index (χ1n) is 8.47. The van der Waals surface area contributed by atoms with Gasteiger partial charge in [0.1, 0.15) is 11.5 Å². The van der Waals surface area contributed by atoms with Crippen molar-refractivity contribution in [2.24, 2.45) is 0 Å². The molecule has 0 saturated carbocycles. The van der Waals surface area contributed by atoms with Crippen LogP contribution in [0.4, 0.5) is 30.4 Å². The molecule has 4 rings (SSSR count). The molecule has 0 unspecified atom stereocenters. The van der Waals surface area contributed by atoms with Crippen LogP contribution >= 0.6 is 11.6 Å². The molecule has 1 aliphatic rings. The van der Waals surface area contributed by atoms with Crippen LogP contribution < -0.4 is 9.80 Å². The number of halogens is 4. The zero-order valence-corrected chi connectivity index (χ0v) is 15.4. The third-order valence-corrected chi connectivity index (χ3v) is 4.82. The Morgan fingerprint density at radius 3 is 2.38 bits per heavy atom. The van der Waals surface area contributed by atoms with E-state index in [-0.39, 0.29) is 16.4 Å². The summed E-state index contributed by atoms with van der Waals surface area (Å²) in [6.45, 7) is 1.69. The number of rotatable bonds is 3. The van der Waals surface area contributed by atoms with Gasteiger partial charge in [0, 0.05) is 37.3 Å². The molecule has 2 aromatic heterocycles. The fourth-order valence-corrected chi connectivity index (χ4v) is 3.38. The van der Waals surface area contributed by atoms with Crippen molar-refractivity contribution in [2.75, 3.05) is 36.0 Å². The highest BCUT2D eigenvalue weighted by Gasteiger charge is 2.38. The minimum Gasteiger partial charge on any atom is -0.362 e. The molecule has 13 heteroatoms. The quantitative estimate of drug-likeness (QED) is 0.468. The molecular formula is C16H13ClF3N7O2. The molecule has 0 aliphatic carbocycles. The zero-order valence-electron chi connectivity index (χ0n) is 14.7. The lowest BCUT2D eigenvalue weighted by Gasteiger charge is -2.36. The summed E-state index contributed by atoms with van der Waals surface area (Å²) in [5.41, 5.74) is 0.349. The number of hydrogen-bond donors (Lipinski definition) is 0. The van der Waals surface area contributed by atoms with Gasteiger partial charge in [-0.05, 0) is 24.3 Å². The maximum absolute atomic E-state index is 13.0. The summed E-state index contributed by atoms with van der Waals surface area (Å²) in [5, 5.41) is 22.3. The van der Waals surface area contributed by atoms with Crippen molar-refractivity contribution in [3.8, 4) is 0 Å². The lowest BCUT2D eigenvalue weighted by atomic mass is 10.2. The molecule has 29 heavy (non-hydrogen) atoms. The molecule has 0 amide bonds. The van der Waals surface area contributed by atoms with E-state index < -0.39 is 16.9 Å². The topological polar surface area (TPSA) is 92.7 Å². The molecule has 0 N–H and O–H groups in total. The monoisotopic (exact) mass is 427 g/mol. The van der Waals surface area contributed by atoms with Crippen LogP contribution in [0.2, 0.25) is 5.02 Å². The van der Waals surface area contributed by atoms with Crippen LogP contribution in [-0.2, 0) is 6.18 Å². The van der Waals surface area contributed by atoms with Gasteiger partial charge in [-0.15, -0.1) is 15.3 Å². The van der Waals surface area contributed by atoms with E-state index in [0.717, 1.165) is 0 Å². The average Bonchev–Trinajstić information content (AvgIpc) is 3.11. The number of nitrogens with zero attached hydrogens (tertiary/aromatic N) is 7. The number of anilines is 2. The SMILES string of the molecule is O=[N+]([O-])c1cc(Cl)ccc1N1CCN(c2ccc3nnc(C(F)(F)F)n3n2)CC1. The van der Waals surface area contributed by atoms with E-state index in [1.165, 1.54) is 12.1 Å². The Labute approximate surface area is 166 Å². The second-order valence-corrected chi connectivity index (χ2v) is 6.78. The van der Waals surface area contributed by atoms with E-state index in [4.69, 9.17) is 11.6 Å². The third kappa shape index (κ3) is 3.62. The summed E-state index contributed by atoms with van der Waals surface area (Å²) < 4.78 is 39.8. The van der Waals surface area contributed by atoms with Gasteiger partial charge in [-0.1, -0.05) is 11.6 Å². The van der Waals surface area contributed by atoms with Gasteiger partial charge in [-0.2, -0.15) is 17.7 Å². The van der Waals surface area contributed by atoms with E-state index in [2.05, 4.69) is 15.3 Å². The molecule has 1 aliphatic heterocycles. The van der Waals surface area contributed by atoms with Gasteiger partial charge in [0.05, 0.1) is 4.92 Å². The third-order valence-electron chi connectivity index (χ3n) is 4.58. The summed E-state index contributed by atoms with van der Waals surface area (Å²) >= 11 is 5.85. The molecule has 152 valence electrons. The van der Waals surface area contributed by atoms with Gasteiger partial charge in [0.2, 0.25) is 0 Å². The Hall–Kier alpha value is -3.15. The molecule has 3 aromatic rings. The summed E-state index contributed by atoms with van der Waals surface area (Å²) in [4.78, 5) is 14.5. The molecule has 3 heterocycles. The molecule has 0 atom stereocenters. The minimum atomic E-state index is -4.67. The van der Waals surface area contributed by atoms with Gasteiger partial charge in [-0.25, -0.2) is 0 Å². The standard InChI is InChI=1S/C16H13ClF3N7O2/c17-10-1-2-11(12(9-10)27(28)29)24-5-7-25(8-6-24)14-4-3-13-21-22-15(16(18,19)20)26(13)23-14/h1-4,9H,5-8H2. The predicted molar refractivity (Wildman–Crippen MR) is 98.3 cm³/mol. The van der Waals surface area contributed by atoms with Crippen molar-refractivity contribution in [3.05, 3.63) is 51.3 Å². The van der Waals surface area contributed by atoms with E-state index in [0.29, 0.717) is 42.2 Å². The number of alkyl halides is 3. The van der Waals surface area contributed by atoms with Crippen LogP contribution in [0.3, 0.4) is 0 Å². The van der Waals surface area contributed by atoms with Crippen molar-refractivity contribution in [1.29, 1.82) is 0 Å². The second kappa shape index (κ2) is 7.03. The smallest absolute Gasteiger partial charge is 0.362 e. The molecule has 1 aromatic carbocycles. The van der Waals surface area contributed by atoms with Crippen molar-refractivity contribution in [2.45, 2.75) is 6.18 Å². The fourth-order valence-electron chi connectivity index (χ4n) is 3.21. The van der Waals surface area contributed by atoms with Crippen molar-refractivity contribution >= 4 is 34.4 Å². The lowest BCUT2D eigenvalue weighted by molar-refractivity contribution is -0.384. The van der Waals surface area contributed by atoms with Crippen molar-refractivity contribution < 1.29 is 18.1 Å². The first-order chi connectivity index (χ1) is 13.7. The minimum absolute atomic E-state index is 0.00324. The lowest BCUT2D eigenvalue weighted by Crippen LogP contribution is -2.47. The Morgan fingerprint density at radius 1 is 1.03 bits per heavy atom. The molecule has 1 saturated heterocycles. The molecule has 9 nitrogen and oxygen atoms in total. The maximum Gasteiger partial charge on any atom is 0.453 e. The van der Waals surface area contributed by atoms with Crippen LogP contribution in [0.15, 0.2) is 30.3 Å². The van der Waals surface area contributed by atoms with Crippen molar-refractivity contribution in [1.82, 2.24) is 19.8 Å². The predicted octanol–water partition coefficient (Wildman–Crippen LogP) is 3.03. The van der Waals surface area contributed by atoms with Gasteiger partial charge >= 0.3 is 6.18 Å². The van der Waals surface area contributed by atoms with Crippen molar-refractivity contribution in [3.63, 3.8) is 0 Å². The maximum atomic E-state index is 13.0. The Balaban J connectivity index is 1.55. The van der Waals surface area contributed by atoms with Crippen LogP contribution in [0.1, 0.15) is 5.82 Å². The number of fused-ring (bicyclic) bond motifs is 1. The zero-order chi connectivity index (χ0) is 20.8. The van der Waals surface area contributed by atoms with Crippen LogP contribution in [-0.4, -0.2) is 50.9 Å². The van der Waals surface area contributed by atoms with Gasteiger partial charge in [-0.3, -0.25) is 10.1 Å². The second-order valence-electron chi connectivity index (χ2n) is 6.35. The molecule has 1 fully saturated rings. The molecular weight excluding hydrogens is 415 g/mol. The first kappa shape index (κ1) is 19.2. The highest BCUT2D eigenvalue weighted by atomic mass is 35.5. The molecule has 0 spiro atoms. The van der Waals surface area contributed by atoms with Crippen LogP contribution in [0.5, 0.6) is 0 Å². The average molecular weight is 428 g/mol.